The lowest BCUT2D eigenvalue weighted by Gasteiger charge is -1.95. The van der Waals surface area contributed by atoms with Gasteiger partial charge in [-0.05, 0) is 13.0 Å². The van der Waals surface area contributed by atoms with Crippen LogP contribution in [0.25, 0.3) is 0 Å². The van der Waals surface area contributed by atoms with Crippen LogP contribution in [0.5, 0.6) is 0 Å². The molecule has 4 heteroatoms. The number of nitriles is 1. The summed E-state index contributed by atoms with van der Waals surface area (Å²) < 4.78 is 0. The summed E-state index contributed by atoms with van der Waals surface area (Å²) in [5.74, 6) is -0.145. The molecule has 1 amide bonds. The van der Waals surface area contributed by atoms with E-state index < -0.39 is 0 Å². The maximum Gasteiger partial charge on any atom is 0.221 e. The molecule has 0 aliphatic heterocycles. The predicted octanol–water partition coefficient (Wildman–Crippen LogP) is 1.89. The van der Waals surface area contributed by atoms with Gasteiger partial charge in [0, 0.05) is 11.8 Å². The van der Waals surface area contributed by atoms with Gasteiger partial charge < -0.3 is 5.32 Å². The van der Waals surface area contributed by atoms with E-state index in [4.69, 9.17) is 5.26 Å². The molecule has 0 atom stereocenters. The van der Waals surface area contributed by atoms with Crippen molar-refractivity contribution in [2.45, 2.75) is 13.8 Å². The Morgan fingerprint density at radius 3 is 2.92 bits per heavy atom. The van der Waals surface area contributed by atoms with Gasteiger partial charge in [0.15, 0.2) is 0 Å². The number of hydrogen-bond acceptors (Lipinski definition) is 3. The number of carbonyl (C=O) groups is 1. The van der Waals surface area contributed by atoms with E-state index in [9.17, 15) is 4.79 Å². The van der Waals surface area contributed by atoms with Crippen LogP contribution in [0.3, 0.4) is 0 Å². The molecule has 3 nitrogen and oxygen atoms in total. The SMILES string of the molecule is CC(=O)Nc1sc(C)cc1C#N. The molecule has 0 aliphatic carbocycles. The Labute approximate surface area is 74.6 Å². The molecular formula is C8H8N2OS. The van der Waals surface area contributed by atoms with Gasteiger partial charge in [-0.1, -0.05) is 0 Å². The van der Waals surface area contributed by atoms with Crippen LogP contribution in [-0.2, 0) is 4.79 Å². The fourth-order valence-electron chi connectivity index (χ4n) is 0.850. The predicted molar refractivity (Wildman–Crippen MR) is 48.1 cm³/mol. The van der Waals surface area contributed by atoms with E-state index in [1.165, 1.54) is 18.3 Å². The minimum atomic E-state index is -0.145. The Morgan fingerprint density at radius 1 is 1.75 bits per heavy atom. The number of rotatable bonds is 1. The van der Waals surface area contributed by atoms with Crippen LogP contribution in [0.4, 0.5) is 5.00 Å². The number of nitrogens with zero attached hydrogens (tertiary/aromatic N) is 1. The van der Waals surface area contributed by atoms with Crippen molar-refractivity contribution in [2.75, 3.05) is 5.32 Å². The number of carbonyl (C=O) groups excluding carboxylic acids is 1. The Morgan fingerprint density at radius 2 is 2.42 bits per heavy atom. The van der Waals surface area contributed by atoms with E-state index in [2.05, 4.69) is 5.32 Å². The molecule has 62 valence electrons. The van der Waals surface area contributed by atoms with Gasteiger partial charge in [-0.25, -0.2) is 0 Å². The molecular weight excluding hydrogens is 172 g/mol. The van der Waals surface area contributed by atoms with Crippen LogP contribution in [0.1, 0.15) is 17.4 Å². The number of thiophene rings is 1. The molecule has 0 fully saturated rings. The minimum absolute atomic E-state index is 0.145. The van der Waals surface area contributed by atoms with Crippen molar-refractivity contribution in [3.63, 3.8) is 0 Å². The van der Waals surface area contributed by atoms with Gasteiger partial charge in [0.25, 0.3) is 0 Å². The summed E-state index contributed by atoms with van der Waals surface area (Å²) in [6.07, 6.45) is 0. The Hall–Kier alpha value is -1.34. The second-order valence-electron chi connectivity index (χ2n) is 2.39. The fraction of sp³-hybridized carbons (Fsp3) is 0.250. The molecule has 12 heavy (non-hydrogen) atoms. The lowest BCUT2D eigenvalue weighted by molar-refractivity contribution is -0.114. The van der Waals surface area contributed by atoms with Crippen molar-refractivity contribution in [1.82, 2.24) is 0 Å². The highest BCUT2D eigenvalue weighted by Crippen LogP contribution is 2.26. The number of hydrogen-bond donors (Lipinski definition) is 1. The lowest BCUT2D eigenvalue weighted by Crippen LogP contribution is -2.04. The van der Waals surface area contributed by atoms with Crippen LogP contribution < -0.4 is 5.32 Å². The number of nitrogens with one attached hydrogen (secondary N) is 1. The molecule has 1 N–H and O–H groups in total. The molecule has 1 rings (SSSR count). The van der Waals surface area contributed by atoms with Crippen LogP contribution in [0.2, 0.25) is 0 Å². The minimum Gasteiger partial charge on any atom is -0.317 e. The largest absolute Gasteiger partial charge is 0.317 e. The van der Waals surface area contributed by atoms with Crippen molar-refractivity contribution in [2.24, 2.45) is 0 Å². The van der Waals surface area contributed by atoms with Crippen molar-refractivity contribution in [3.8, 4) is 6.07 Å². The Bertz CT molecular complexity index is 348. The molecule has 0 saturated carbocycles. The van der Waals surface area contributed by atoms with Crippen molar-refractivity contribution < 1.29 is 4.79 Å². The highest BCUT2D eigenvalue weighted by atomic mass is 32.1. The zero-order chi connectivity index (χ0) is 9.14. The van der Waals surface area contributed by atoms with E-state index in [-0.39, 0.29) is 5.91 Å². The second kappa shape index (κ2) is 3.37. The summed E-state index contributed by atoms with van der Waals surface area (Å²) in [4.78, 5) is 11.7. The number of anilines is 1. The summed E-state index contributed by atoms with van der Waals surface area (Å²) in [5.41, 5.74) is 0.535. The standard InChI is InChI=1S/C8H8N2OS/c1-5-3-7(4-9)8(12-5)10-6(2)11/h3H,1-2H3,(H,10,11). The first kappa shape index (κ1) is 8.75. The number of amides is 1. The third kappa shape index (κ3) is 1.83. The quantitative estimate of drug-likeness (QED) is 0.717. The van der Waals surface area contributed by atoms with Gasteiger partial charge in [0.1, 0.15) is 11.1 Å². The molecule has 0 spiro atoms. The Kier molecular flexibility index (Phi) is 2.46. The van der Waals surface area contributed by atoms with Gasteiger partial charge in [-0.3, -0.25) is 4.79 Å². The van der Waals surface area contributed by atoms with Crippen LogP contribution in [0.15, 0.2) is 6.07 Å². The van der Waals surface area contributed by atoms with E-state index in [0.717, 1.165) is 4.88 Å². The van der Waals surface area contributed by atoms with Crippen molar-refractivity contribution in [1.29, 1.82) is 5.26 Å². The Balaban J connectivity index is 2.99. The molecule has 0 unspecified atom stereocenters. The van der Waals surface area contributed by atoms with E-state index in [1.54, 1.807) is 6.07 Å². The third-order valence-electron chi connectivity index (χ3n) is 1.27. The van der Waals surface area contributed by atoms with Gasteiger partial charge in [0.05, 0.1) is 5.56 Å². The highest BCUT2D eigenvalue weighted by Gasteiger charge is 2.06. The molecule has 1 heterocycles. The zero-order valence-corrected chi connectivity index (χ0v) is 7.66. The highest BCUT2D eigenvalue weighted by molar-refractivity contribution is 7.16. The summed E-state index contributed by atoms with van der Waals surface area (Å²) in [7, 11) is 0. The first-order valence-corrected chi connectivity index (χ1v) is 4.23. The fourth-order valence-corrected chi connectivity index (χ4v) is 1.76. The normalized spacial score (nSPS) is 9.08. The van der Waals surface area contributed by atoms with Gasteiger partial charge in [-0.2, -0.15) is 5.26 Å². The number of aryl methyl sites for hydroxylation is 1. The zero-order valence-electron chi connectivity index (χ0n) is 6.84. The average Bonchev–Trinajstić information content (AvgIpc) is 2.29. The molecule has 1 aromatic rings. The van der Waals surface area contributed by atoms with Crippen LogP contribution in [-0.4, -0.2) is 5.91 Å². The lowest BCUT2D eigenvalue weighted by atomic mass is 10.3. The van der Waals surface area contributed by atoms with E-state index >= 15 is 0 Å². The monoisotopic (exact) mass is 180 g/mol. The molecule has 0 saturated heterocycles. The smallest absolute Gasteiger partial charge is 0.221 e. The maximum absolute atomic E-state index is 10.7. The summed E-state index contributed by atoms with van der Waals surface area (Å²) in [6.45, 7) is 3.33. The summed E-state index contributed by atoms with van der Waals surface area (Å²) >= 11 is 1.41. The third-order valence-corrected chi connectivity index (χ3v) is 2.23. The van der Waals surface area contributed by atoms with E-state index in [0.29, 0.717) is 10.6 Å². The van der Waals surface area contributed by atoms with Crippen molar-refractivity contribution in [3.05, 3.63) is 16.5 Å². The van der Waals surface area contributed by atoms with Crippen LogP contribution >= 0.6 is 11.3 Å². The second-order valence-corrected chi connectivity index (χ2v) is 3.65. The topological polar surface area (TPSA) is 52.9 Å². The average molecular weight is 180 g/mol. The molecule has 0 bridgehead atoms. The van der Waals surface area contributed by atoms with Crippen molar-refractivity contribution >= 4 is 22.2 Å². The maximum atomic E-state index is 10.7. The summed E-state index contributed by atoms with van der Waals surface area (Å²) in [6, 6.07) is 3.78. The first-order valence-electron chi connectivity index (χ1n) is 3.41. The molecule has 1 aromatic heterocycles. The molecule has 0 radical (unpaired) electrons. The van der Waals surface area contributed by atoms with Crippen LogP contribution in [0, 0.1) is 18.3 Å². The van der Waals surface area contributed by atoms with Gasteiger partial charge in [-0.15, -0.1) is 11.3 Å². The van der Waals surface area contributed by atoms with Gasteiger partial charge >= 0.3 is 0 Å². The van der Waals surface area contributed by atoms with Gasteiger partial charge in [0.2, 0.25) is 5.91 Å². The summed E-state index contributed by atoms with van der Waals surface area (Å²) in [5, 5.41) is 11.9. The van der Waals surface area contributed by atoms with E-state index in [1.807, 2.05) is 13.0 Å². The first-order chi connectivity index (χ1) is 5.63. The molecule has 0 aromatic carbocycles. The molecule has 0 aliphatic rings.